The molecule has 0 bridgehead atoms. The lowest BCUT2D eigenvalue weighted by Crippen LogP contribution is -2.35. The number of nitrogens with zero attached hydrogens (tertiary/aromatic N) is 5. The normalized spacial score (nSPS) is 15.9. The summed E-state index contributed by atoms with van der Waals surface area (Å²) < 4.78 is 1.95. The summed E-state index contributed by atoms with van der Waals surface area (Å²) in [4.78, 5) is 12.0. The molecule has 0 spiro atoms. The van der Waals surface area contributed by atoms with Gasteiger partial charge in [0.05, 0.1) is 0 Å². The third kappa shape index (κ3) is 4.99. The molecule has 1 saturated heterocycles. The van der Waals surface area contributed by atoms with E-state index in [9.17, 15) is 0 Å². The summed E-state index contributed by atoms with van der Waals surface area (Å²) in [6.45, 7) is 8.57. The summed E-state index contributed by atoms with van der Waals surface area (Å²) in [5.41, 5.74) is 5.94. The first-order valence-corrected chi connectivity index (χ1v) is 12.5. The van der Waals surface area contributed by atoms with Gasteiger partial charge in [-0.15, -0.1) is 0 Å². The van der Waals surface area contributed by atoms with Crippen LogP contribution in [0.15, 0.2) is 67.1 Å². The molecule has 0 amide bonds. The highest BCUT2D eigenvalue weighted by molar-refractivity contribution is 6.54. The number of rotatable bonds is 8. The summed E-state index contributed by atoms with van der Waals surface area (Å²) in [6, 6.07) is 17.1. The van der Waals surface area contributed by atoms with Gasteiger partial charge in [-0.25, -0.2) is 4.98 Å². The van der Waals surface area contributed by atoms with E-state index in [1.54, 1.807) is 6.20 Å². The Morgan fingerprint density at radius 1 is 1.09 bits per heavy atom. The molecule has 0 radical (unpaired) electrons. The molecule has 1 fully saturated rings. The number of fused-ring (bicyclic) bond motifs is 1. The van der Waals surface area contributed by atoms with Crippen molar-refractivity contribution in [1.82, 2.24) is 24.5 Å². The molecule has 1 unspecified atom stereocenters. The molecule has 1 atom stereocenters. The van der Waals surface area contributed by atoms with Crippen LogP contribution in [0.25, 0.3) is 5.65 Å². The van der Waals surface area contributed by atoms with Gasteiger partial charge in [0.1, 0.15) is 5.82 Å². The lowest BCUT2D eigenvalue weighted by molar-refractivity contribution is 0.202. The van der Waals surface area contributed by atoms with Gasteiger partial charge in [-0.3, -0.25) is 4.98 Å². The molecule has 0 saturated carbocycles. The largest absolute Gasteiger partial charge is 0.366 e. The van der Waals surface area contributed by atoms with E-state index in [-0.39, 0.29) is 0 Å². The number of hydrogen-bond donors (Lipinski definition) is 1. The number of likely N-dealkylation sites (tertiary alicyclic amines) is 1. The molecule has 34 heavy (non-hydrogen) atoms. The second kappa shape index (κ2) is 10.4. The van der Waals surface area contributed by atoms with Crippen LogP contribution in [0.2, 0.25) is 6.82 Å². The van der Waals surface area contributed by atoms with Gasteiger partial charge in [-0.1, -0.05) is 50.1 Å². The van der Waals surface area contributed by atoms with Crippen molar-refractivity contribution in [2.45, 2.75) is 45.0 Å². The zero-order valence-corrected chi connectivity index (χ0v) is 20.2. The summed E-state index contributed by atoms with van der Waals surface area (Å²) in [5.74, 6) is 2.03. The van der Waals surface area contributed by atoms with Gasteiger partial charge >= 0.3 is 0 Å². The maximum absolute atomic E-state index is 5.11. The van der Waals surface area contributed by atoms with E-state index in [1.807, 2.05) is 23.0 Å². The lowest BCUT2D eigenvalue weighted by atomic mass is 9.75. The van der Waals surface area contributed by atoms with E-state index >= 15 is 0 Å². The highest BCUT2D eigenvalue weighted by atomic mass is 15.3. The second-order valence-corrected chi connectivity index (χ2v) is 9.43. The van der Waals surface area contributed by atoms with Gasteiger partial charge < -0.3 is 10.2 Å². The van der Waals surface area contributed by atoms with Crippen molar-refractivity contribution in [3.8, 4) is 0 Å². The average molecular weight is 452 g/mol. The highest BCUT2D eigenvalue weighted by Gasteiger charge is 2.24. The fourth-order valence-electron chi connectivity index (χ4n) is 4.99. The molecule has 3 aromatic heterocycles. The summed E-state index contributed by atoms with van der Waals surface area (Å²) in [7, 11) is 0.928. The zero-order chi connectivity index (χ0) is 23.3. The molecule has 1 aromatic carbocycles. The lowest BCUT2D eigenvalue weighted by Gasteiger charge is -2.33. The molecule has 4 heterocycles. The van der Waals surface area contributed by atoms with E-state index in [2.05, 4.69) is 76.5 Å². The van der Waals surface area contributed by atoms with Crippen LogP contribution in [-0.2, 0) is 6.54 Å². The third-order valence-electron chi connectivity index (χ3n) is 7.05. The number of pyridine rings is 1. The molecule has 174 valence electrons. The quantitative estimate of drug-likeness (QED) is 0.412. The van der Waals surface area contributed by atoms with E-state index in [4.69, 9.17) is 4.98 Å². The summed E-state index contributed by atoms with van der Waals surface area (Å²) >= 11 is 0. The standard InChI is InChI=1S/C27H33BN6/c1-20(22-8-4-3-5-9-22)19-33-13-10-23(11-14-33)25-15-26(30-17-21-7-6-12-29-16-21)34-27(32-25)24(28-2)18-31-34/h3-9,12,15-16,18,20,23,28,30H,10-11,13-14,17,19H2,1-2H3. The second-order valence-electron chi connectivity index (χ2n) is 9.43. The molecule has 1 aliphatic rings. The fraction of sp³-hybridized carbons (Fsp3) is 0.370. The minimum atomic E-state index is 0.479. The first kappa shape index (κ1) is 22.6. The Morgan fingerprint density at radius 3 is 2.65 bits per heavy atom. The maximum atomic E-state index is 5.11. The Morgan fingerprint density at radius 2 is 1.91 bits per heavy atom. The SMILES string of the molecule is CBc1cnn2c(NCc3cccnc3)cc(C3CCN(CC(C)c4ccccc4)CC3)nc12. The van der Waals surface area contributed by atoms with Crippen molar-refractivity contribution < 1.29 is 0 Å². The van der Waals surface area contributed by atoms with Gasteiger partial charge in [0, 0.05) is 49.4 Å². The first-order valence-electron chi connectivity index (χ1n) is 12.5. The van der Waals surface area contributed by atoms with Crippen molar-refractivity contribution >= 4 is 24.2 Å². The number of aromatic nitrogens is 4. The van der Waals surface area contributed by atoms with Gasteiger partial charge in [0.25, 0.3) is 0 Å². The van der Waals surface area contributed by atoms with Gasteiger partial charge in [0.15, 0.2) is 12.9 Å². The average Bonchev–Trinajstić information content (AvgIpc) is 3.32. The highest BCUT2D eigenvalue weighted by Crippen LogP contribution is 2.30. The molecular formula is C27H33BN6. The molecule has 1 aliphatic heterocycles. The minimum absolute atomic E-state index is 0.479. The molecule has 7 heteroatoms. The van der Waals surface area contributed by atoms with Crippen molar-refractivity contribution in [2.75, 3.05) is 25.0 Å². The van der Waals surface area contributed by atoms with Crippen LogP contribution < -0.4 is 10.8 Å². The Kier molecular flexibility index (Phi) is 6.91. The molecule has 5 rings (SSSR count). The molecule has 1 N–H and O–H groups in total. The minimum Gasteiger partial charge on any atom is -0.366 e. The van der Waals surface area contributed by atoms with E-state index in [0.717, 1.165) is 56.8 Å². The summed E-state index contributed by atoms with van der Waals surface area (Å²) in [6.07, 6.45) is 7.94. The van der Waals surface area contributed by atoms with E-state index < -0.39 is 0 Å². The van der Waals surface area contributed by atoms with Crippen LogP contribution in [0, 0.1) is 0 Å². The van der Waals surface area contributed by atoms with E-state index in [0.29, 0.717) is 18.4 Å². The van der Waals surface area contributed by atoms with E-state index in [1.165, 1.54) is 16.7 Å². The molecule has 6 nitrogen and oxygen atoms in total. The predicted octanol–water partition coefficient (Wildman–Crippen LogP) is 3.83. The molecule has 0 aliphatic carbocycles. The van der Waals surface area contributed by atoms with Gasteiger partial charge in [-0.05, 0) is 54.5 Å². The predicted molar refractivity (Wildman–Crippen MR) is 140 cm³/mol. The van der Waals surface area contributed by atoms with Gasteiger partial charge in [-0.2, -0.15) is 9.61 Å². The van der Waals surface area contributed by atoms with Crippen molar-refractivity contribution in [2.24, 2.45) is 0 Å². The molecule has 4 aromatic rings. The Labute approximate surface area is 202 Å². The number of piperidine rings is 1. The smallest absolute Gasteiger partial charge is 0.161 e. The van der Waals surface area contributed by atoms with Crippen LogP contribution in [0.1, 0.15) is 48.4 Å². The monoisotopic (exact) mass is 452 g/mol. The maximum Gasteiger partial charge on any atom is 0.161 e. The van der Waals surface area contributed by atoms with Crippen molar-refractivity contribution in [3.63, 3.8) is 0 Å². The van der Waals surface area contributed by atoms with Crippen LogP contribution in [0.3, 0.4) is 0 Å². The summed E-state index contributed by atoms with van der Waals surface area (Å²) in [5, 5.41) is 8.21. The molecular weight excluding hydrogens is 419 g/mol. The Balaban J connectivity index is 1.30. The topological polar surface area (TPSA) is 58.4 Å². The third-order valence-corrected chi connectivity index (χ3v) is 7.05. The number of benzene rings is 1. The Bertz CT molecular complexity index is 1200. The fourth-order valence-corrected chi connectivity index (χ4v) is 4.99. The van der Waals surface area contributed by atoms with Crippen LogP contribution in [0.5, 0.6) is 0 Å². The van der Waals surface area contributed by atoms with Gasteiger partial charge in [0.2, 0.25) is 0 Å². The van der Waals surface area contributed by atoms with Crippen LogP contribution in [0.4, 0.5) is 5.82 Å². The Hall–Kier alpha value is -3.19. The van der Waals surface area contributed by atoms with Crippen molar-refractivity contribution in [1.29, 1.82) is 0 Å². The van der Waals surface area contributed by atoms with Crippen LogP contribution >= 0.6 is 0 Å². The number of anilines is 1. The van der Waals surface area contributed by atoms with Crippen LogP contribution in [-0.4, -0.2) is 51.4 Å². The van der Waals surface area contributed by atoms with Crippen molar-refractivity contribution in [3.05, 3.63) is 83.9 Å². The number of nitrogens with one attached hydrogen (secondary N) is 1. The number of hydrogen-bond acceptors (Lipinski definition) is 5. The first-order chi connectivity index (χ1) is 16.7. The zero-order valence-electron chi connectivity index (χ0n) is 20.2.